The number of alkyl halides is 2. The van der Waals surface area contributed by atoms with E-state index in [0.29, 0.717) is 13.0 Å². The third-order valence-corrected chi connectivity index (χ3v) is 5.10. The zero-order valence-corrected chi connectivity index (χ0v) is 13.2. The summed E-state index contributed by atoms with van der Waals surface area (Å²) in [6.07, 6.45) is 0.619. The van der Waals surface area contributed by atoms with Crippen molar-refractivity contribution < 1.29 is 13.6 Å². The molecular formula is C13H16ClF2N3O2S. The monoisotopic (exact) mass is 351 g/mol. The maximum absolute atomic E-state index is 13.6. The van der Waals surface area contributed by atoms with Gasteiger partial charge in [0.25, 0.3) is 5.56 Å². The van der Waals surface area contributed by atoms with Crippen LogP contribution >= 0.6 is 23.4 Å². The average Bonchev–Trinajstić information content (AvgIpc) is 2.81. The molecule has 1 saturated heterocycles. The molecule has 0 radical (unpaired) electrons. The van der Waals surface area contributed by atoms with Crippen molar-refractivity contribution in [3.05, 3.63) is 28.4 Å². The third kappa shape index (κ3) is 3.99. The van der Waals surface area contributed by atoms with Gasteiger partial charge in [0.05, 0.1) is 10.9 Å². The minimum atomic E-state index is -1.25. The Labute approximate surface area is 135 Å². The summed E-state index contributed by atoms with van der Waals surface area (Å²) in [5.41, 5.74) is 4.74. The maximum Gasteiger partial charge on any atom is 0.286 e. The maximum atomic E-state index is 13.6. The van der Waals surface area contributed by atoms with Crippen LogP contribution in [-0.4, -0.2) is 33.1 Å². The first-order valence-corrected chi connectivity index (χ1v) is 8.15. The molecule has 1 fully saturated rings. The predicted molar refractivity (Wildman–Crippen MR) is 83.5 cm³/mol. The highest BCUT2D eigenvalue weighted by Gasteiger charge is 2.37. The van der Waals surface area contributed by atoms with Crippen molar-refractivity contribution in [1.29, 1.82) is 0 Å². The molecule has 3 atom stereocenters. The molecule has 122 valence electrons. The van der Waals surface area contributed by atoms with E-state index in [2.05, 4.69) is 5.32 Å². The number of pyridine rings is 1. The lowest BCUT2D eigenvalue weighted by Gasteiger charge is -2.12. The first-order chi connectivity index (χ1) is 10.4. The second kappa shape index (κ2) is 7.43. The number of nitrogens with two attached hydrogens (primary N) is 1. The number of hydrogen-bond acceptors (Lipinski definition) is 4. The minimum absolute atomic E-state index is 0.0139. The van der Waals surface area contributed by atoms with Gasteiger partial charge in [0.2, 0.25) is 5.91 Å². The summed E-state index contributed by atoms with van der Waals surface area (Å²) in [4.78, 5) is 23.7. The van der Waals surface area contributed by atoms with Gasteiger partial charge >= 0.3 is 0 Å². The van der Waals surface area contributed by atoms with Gasteiger partial charge in [-0.15, -0.1) is 23.4 Å². The molecule has 1 amide bonds. The Kier molecular flexibility index (Phi) is 5.82. The molecule has 5 nitrogen and oxygen atoms in total. The molecule has 0 aliphatic carbocycles. The molecule has 0 saturated carbocycles. The summed E-state index contributed by atoms with van der Waals surface area (Å²) in [6.45, 7) is 0.614. The van der Waals surface area contributed by atoms with Gasteiger partial charge in [-0.05, 0) is 13.0 Å². The van der Waals surface area contributed by atoms with Gasteiger partial charge in [-0.25, -0.2) is 8.78 Å². The topological polar surface area (TPSA) is 77.1 Å². The van der Waals surface area contributed by atoms with Crippen molar-refractivity contribution in [2.75, 3.05) is 11.9 Å². The van der Waals surface area contributed by atoms with Gasteiger partial charge in [-0.2, -0.15) is 0 Å². The number of aromatic nitrogens is 1. The first-order valence-electron chi connectivity index (χ1n) is 6.77. The van der Waals surface area contributed by atoms with Crippen LogP contribution < -0.4 is 16.6 Å². The van der Waals surface area contributed by atoms with E-state index in [1.165, 1.54) is 6.20 Å². The molecule has 9 heteroatoms. The predicted octanol–water partition coefficient (Wildman–Crippen LogP) is 1.68. The zero-order chi connectivity index (χ0) is 16.3. The molecule has 1 aliphatic rings. The summed E-state index contributed by atoms with van der Waals surface area (Å²) in [5.74, 6) is -1.42. The highest BCUT2D eigenvalue weighted by molar-refractivity contribution is 8.02. The number of rotatable bonds is 5. The Bertz CT molecular complexity index is 603. The number of nitrogens with zero attached hydrogens (tertiary/aromatic N) is 1. The number of aryl methyl sites for hydroxylation is 1. The fourth-order valence-electron chi connectivity index (χ4n) is 2.10. The smallest absolute Gasteiger partial charge is 0.286 e. The van der Waals surface area contributed by atoms with Crippen molar-refractivity contribution in [1.82, 2.24) is 4.57 Å². The SMILES string of the molecule is NCCCn1cc(NC(=O)C2CC(F)C(Cl)S2)cc(F)c1=O. The Balaban J connectivity index is 2.11. The van der Waals surface area contributed by atoms with Crippen molar-refractivity contribution >= 4 is 35.0 Å². The number of anilines is 1. The van der Waals surface area contributed by atoms with Crippen LogP contribution in [-0.2, 0) is 11.3 Å². The van der Waals surface area contributed by atoms with Crippen LogP contribution in [0, 0.1) is 5.82 Å². The number of nitrogens with one attached hydrogen (secondary N) is 1. The second-order valence-corrected chi connectivity index (χ2v) is 7.01. The van der Waals surface area contributed by atoms with E-state index in [1.807, 2.05) is 0 Å². The van der Waals surface area contributed by atoms with E-state index >= 15 is 0 Å². The van der Waals surface area contributed by atoms with Gasteiger partial charge in [0.15, 0.2) is 5.82 Å². The molecule has 3 N–H and O–H groups in total. The molecule has 0 spiro atoms. The van der Waals surface area contributed by atoms with Gasteiger partial charge in [0.1, 0.15) is 10.9 Å². The molecule has 2 heterocycles. The molecule has 1 aliphatic heterocycles. The molecule has 0 bridgehead atoms. The Hall–Kier alpha value is -1.12. The van der Waals surface area contributed by atoms with E-state index in [0.717, 1.165) is 22.4 Å². The standard InChI is InChI=1S/C13H16ClF2N3O2S/c14-11-8(15)5-10(22-11)12(20)18-7-4-9(16)13(21)19(6-7)3-1-2-17/h4,6,8,10-11H,1-3,5,17H2,(H,18,20). The van der Waals surface area contributed by atoms with E-state index in [4.69, 9.17) is 17.3 Å². The number of carbonyl (C=O) groups excluding carboxylic acids is 1. The molecule has 1 aromatic heterocycles. The van der Waals surface area contributed by atoms with Crippen LogP contribution in [0.25, 0.3) is 0 Å². The number of hydrogen-bond donors (Lipinski definition) is 2. The zero-order valence-electron chi connectivity index (χ0n) is 11.6. The quantitative estimate of drug-likeness (QED) is 0.791. The van der Waals surface area contributed by atoms with Crippen LogP contribution in [0.2, 0.25) is 0 Å². The van der Waals surface area contributed by atoms with Gasteiger partial charge < -0.3 is 15.6 Å². The van der Waals surface area contributed by atoms with E-state index < -0.39 is 33.4 Å². The minimum Gasteiger partial charge on any atom is -0.330 e. The van der Waals surface area contributed by atoms with Crippen LogP contribution in [0.15, 0.2) is 17.1 Å². The normalized spacial score (nSPS) is 24.5. The molecule has 0 aromatic carbocycles. The summed E-state index contributed by atoms with van der Waals surface area (Å²) >= 11 is 6.75. The van der Waals surface area contributed by atoms with Crippen LogP contribution in [0.3, 0.4) is 0 Å². The van der Waals surface area contributed by atoms with Crippen molar-refractivity contribution in [3.63, 3.8) is 0 Å². The fraction of sp³-hybridized carbons (Fsp3) is 0.538. The molecular weight excluding hydrogens is 336 g/mol. The molecule has 22 heavy (non-hydrogen) atoms. The Morgan fingerprint density at radius 2 is 2.32 bits per heavy atom. The lowest BCUT2D eigenvalue weighted by atomic mass is 10.2. The number of thioether (sulfide) groups is 1. The van der Waals surface area contributed by atoms with Crippen LogP contribution in [0.4, 0.5) is 14.5 Å². The Morgan fingerprint density at radius 1 is 1.59 bits per heavy atom. The van der Waals surface area contributed by atoms with Gasteiger partial charge in [0, 0.05) is 25.2 Å². The number of carbonyl (C=O) groups is 1. The highest BCUT2D eigenvalue weighted by Crippen LogP contribution is 2.38. The van der Waals surface area contributed by atoms with Crippen LogP contribution in [0.5, 0.6) is 0 Å². The largest absolute Gasteiger partial charge is 0.330 e. The average molecular weight is 352 g/mol. The molecule has 3 unspecified atom stereocenters. The van der Waals surface area contributed by atoms with Crippen molar-refractivity contribution in [2.24, 2.45) is 5.73 Å². The number of amides is 1. The third-order valence-electron chi connectivity index (χ3n) is 3.22. The van der Waals surface area contributed by atoms with Crippen molar-refractivity contribution in [3.8, 4) is 0 Å². The van der Waals surface area contributed by atoms with Crippen LogP contribution in [0.1, 0.15) is 12.8 Å². The van der Waals surface area contributed by atoms with E-state index in [-0.39, 0.29) is 18.7 Å². The highest BCUT2D eigenvalue weighted by atomic mass is 35.5. The summed E-state index contributed by atoms with van der Waals surface area (Å²) in [5, 5.41) is 1.86. The van der Waals surface area contributed by atoms with Crippen molar-refractivity contribution in [2.45, 2.75) is 35.5 Å². The summed E-state index contributed by atoms with van der Waals surface area (Å²) in [7, 11) is 0. The summed E-state index contributed by atoms with van der Waals surface area (Å²) in [6, 6.07) is 0.948. The fourth-order valence-corrected chi connectivity index (χ4v) is 3.64. The van der Waals surface area contributed by atoms with Gasteiger partial charge in [-0.1, -0.05) is 0 Å². The number of halogens is 3. The summed E-state index contributed by atoms with van der Waals surface area (Å²) < 4.78 is 27.3. The Morgan fingerprint density at radius 3 is 2.91 bits per heavy atom. The molecule has 2 rings (SSSR count). The van der Waals surface area contributed by atoms with E-state index in [9.17, 15) is 18.4 Å². The van der Waals surface area contributed by atoms with Gasteiger partial charge in [-0.3, -0.25) is 9.59 Å². The molecule has 1 aromatic rings. The lowest BCUT2D eigenvalue weighted by molar-refractivity contribution is -0.115. The first kappa shape index (κ1) is 17.2. The second-order valence-electron chi connectivity index (χ2n) is 4.93. The van der Waals surface area contributed by atoms with E-state index in [1.54, 1.807) is 0 Å². The lowest BCUT2D eigenvalue weighted by Crippen LogP contribution is -2.27.